The van der Waals surface area contributed by atoms with Crippen molar-refractivity contribution in [3.63, 3.8) is 0 Å². The first-order chi connectivity index (χ1) is 12.0. The number of amides is 2. The second-order valence-electron chi connectivity index (χ2n) is 6.90. The first-order valence-corrected chi connectivity index (χ1v) is 8.63. The summed E-state index contributed by atoms with van der Waals surface area (Å²) < 4.78 is 0. The molecule has 0 radical (unpaired) electrons. The number of benzene rings is 1. The van der Waals surface area contributed by atoms with Crippen LogP contribution in [0, 0.1) is 5.41 Å². The second kappa shape index (κ2) is 7.09. The van der Waals surface area contributed by atoms with Crippen LogP contribution in [-0.4, -0.2) is 47.6 Å². The number of carbonyl (C=O) groups excluding carboxylic acids is 2. The molecule has 1 heterocycles. The first kappa shape index (κ1) is 17.2. The fourth-order valence-electron chi connectivity index (χ4n) is 3.53. The maximum atomic E-state index is 12.6. The summed E-state index contributed by atoms with van der Waals surface area (Å²) in [5.74, 6) is -0.132. The Labute approximate surface area is 147 Å². The summed E-state index contributed by atoms with van der Waals surface area (Å²) in [4.78, 5) is 26.7. The third kappa shape index (κ3) is 3.57. The van der Waals surface area contributed by atoms with E-state index in [2.05, 4.69) is 15.5 Å². The lowest BCUT2D eigenvalue weighted by Crippen LogP contribution is -2.46. The van der Waals surface area contributed by atoms with E-state index in [-0.39, 0.29) is 11.8 Å². The predicted molar refractivity (Wildman–Crippen MR) is 96.0 cm³/mol. The molecule has 1 aliphatic carbocycles. The van der Waals surface area contributed by atoms with E-state index in [0.717, 1.165) is 36.9 Å². The zero-order chi connectivity index (χ0) is 17.9. The molecule has 6 heteroatoms. The number of hydrogen-bond acceptors (Lipinski definition) is 3. The molecule has 0 unspecified atom stereocenters. The highest BCUT2D eigenvalue weighted by atomic mass is 16.2. The molecule has 0 spiro atoms. The van der Waals surface area contributed by atoms with E-state index in [1.165, 1.54) is 0 Å². The Hall–Kier alpha value is -2.63. The SMILES string of the molecule is CN(C)C(=O)C1(CNC(=O)c2cc(-c3ccccc3)n[nH]2)CCCC1. The van der Waals surface area contributed by atoms with Crippen molar-refractivity contribution < 1.29 is 9.59 Å². The minimum atomic E-state index is -0.471. The van der Waals surface area contributed by atoms with Gasteiger partial charge < -0.3 is 10.2 Å². The summed E-state index contributed by atoms with van der Waals surface area (Å²) in [5.41, 5.74) is 1.62. The molecule has 132 valence electrons. The highest BCUT2D eigenvalue weighted by Gasteiger charge is 2.42. The third-order valence-corrected chi connectivity index (χ3v) is 4.90. The molecule has 25 heavy (non-hydrogen) atoms. The van der Waals surface area contributed by atoms with Gasteiger partial charge in [-0.1, -0.05) is 43.2 Å². The molecule has 2 aromatic rings. The molecule has 1 aromatic carbocycles. The van der Waals surface area contributed by atoms with Gasteiger partial charge >= 0.3 is 0 Å². The van der Waals surface area contributed by atoms with Gasteiger partial charge in [-0.25, -0.2) is 0 Å². The van der Waals surface area contributed by atoms with Crippen LogP contribution in [0.4, 0.5) is 0 Å². The molecule has 2 N–H and O–H groups in total. The molecule has 2 amide bonds. The Morgan fingerprint density at radius 2 is 1.88 bits per heavy atom. The first-order valence-electron chi connectivity index (χ1n) is 8.63. The van der Waals surface area contributed by atoms with Crippen LogP contribution in [0.3, 0.4) is 0 Å². The average molecular weight is 340 g/mol. The second-order valence-corrected chi connectivity index (χ2v) is 6.90. The highest BCUT2D eigenvalue weighted by molar-refractivity contribution is 5.94. The quantitative estimate of drug-likeness (QED) is 0.877. The van der Waals surface area contributed by atoms with Gasteiger partial charge in [-0.15, -0.1) is 0 Å². The standard InChI is InChI=1S/C19H24N4O2/c1-23(2)18(25)19(10-6-7-11-19)13-20-17(24)16-12-15(21-22-16)14-8-4-3-5-9-14/h3-5,8-9,12H,6-7,10-11,13H2,1-2H3,(H,20,24)(H,21,22). The van der Waals surface area contributed by atoms with Crippen molar-refractivity contribution in [2.75, 3.05) is 20.6 Å². The summed E-state index contributed by atoms with van der Waals surface area (Å²) in [6, 6.07) is 11.4. The molecule has 0 bridgehead atoms. The van der Waals surface area contributed by atoms with E-state index in [0.29, 0.717) is 12.2 Å². The summed E-state index contributed by atoms with van der Waals surface area (Å²) >= 11 is 0. The van der Waals surface area contributed by atoms with Crippen molar-refractivity contribution in [1.82, 2.24) is 20.4 Å². The lowest BCUT2D eigenvalue weighted by atomic mass is 9.84. The fourth-order valence-corrected chi connectivity index (χ4v) is 3.53. The van der Waals surface area contributed by atoms with Gasteiger partial charge in [0.15, 0.2) is 0 Å². The lowest BCUT2D eigenvalue weighted by molar-refractivity contribution is -0.138. The fraction of sp³-hybridized carbons (Fsp3) is 0.421. The number of hydrogen-bond donors (Lipinski definition) is 2. The number of rotatable bonds is 5. The van der Waals surface area contributed by atoms with Crippen molar-refractivity contribution in [3.05, 3.63) is 42.1 Å². The van der Waals surface area contributed by atoms with Gasteiger partial charge in [-0.05, 0) is 18.9 Å². The van der Waals surface area contributed by atoms with Crippen molar-refractivity contribution in [2.24, 2.45) is 5.41 Å². The summed E-state index contributed by atoms with van der Waals surface area (Å²) in [6.45, 7) is 0.364. The predicted octanol–water partition coefficient (Wildman–Crippen LogP) is 2.46. The van der Waals surface area contributed by atoms with Gasteiger partial charge in [0.05, 0.1) is 11.1 Å². The lowest BCUT2D eigenvalue weighted by Gasteiger charge is -2.30. The smallest absolute Gasteiger partial charge is 0.269 e. The molecule has 0 atom stereocenters. The van der Waals surface area contributed by atoms with Crippen LogP contribution < -0.4 is 5.32 Å². The van der Waals surface area contributed by atoms with Gasteiger partial charge in [0.25, 0.3) is 5.91 Å². The molecule has 0 saturated heterocycles. The van der Waals surface area contributed by atoms with Crippen molar-refractivity contribution >= 4 is 11.8 Å². The summed E-state index contributed by atoms with van der Waals surface area (Å²) in [5, 5.41) is 9.92. The van der Waals surface area contributed by atoms with Crippen molar-refractivity contribution in [2.45, 2.75) is 25.7 Å². The molecule has 6 nitrogen and oxygen atoms in total. The highest BCUT2D eigenvalue weighted by Crippen LogP contribution is 2.39. The molecule has 0 aliphatic heterocycles. The normalized spacial score (nSPS) is 15.8. The maximum Gasteiger partial charge on any atom is 0.269 e. The monoisotopic (exact) mass is 340 g/mol. The molecule has 1 fully saturated rings. The number of aromatic nitrogens is 2. The van der Waals surface area contributed by atoms with Crippen molar-refractivity contribution in [1.29, 1.82) is 0 Å². The number of carbonyl (C=O) groups is 2. The van der Waals surface area contributed by atoms with Crippen LogP contribution >= 0.6 is 0 Å². The minimum Gasteiger partial charge on any atom is -0.350 e. The van der Waals surface area contributed by atoms with E-state index in [9.17, 15) is 9.59 Å². The van der Waals surface area contributed by atoms with Gasteiger partial charge in [-0.3, -0.25) is 14.7 Å². The number of nitrogens with zero attached hydrogens (tertiary/aromatic N) is 2. The Kier molecular flexibility index (Phi) is 4.88. The number of nitrogens with one attached hydrogen (secondary N) is 2. The average Bonchev–Trinajstić information content (AvgIpc) is 3.30. The molecular weight excluding hydrogens is 316 g/mol. The van der Waals surface area contributed by atoms with Gasteiger partial charge in [0, 0.05) is 26.2 Å². The van der Waals surface area contributed by atoms with E-state index in [4.69, 9.17) is 0 Å². The maximum absolute atomic E-state index is 12.6. The zero-order valence-electron chi connectivity index (χ0n) is 14.7. The molecular formula is C19H24N4O2. The Balaban J connectivity index is 1.68. The summed E-state index contributed by atoms with van der Waals surface area (Å²) in [7, 11) is 3.54. The van der Waals surface area contributed by atoms with Gasteiger partial charge in [-0.2, -0.15) is 5.10 Å². The van der Waals surface area contributed by atoms with E-state index >= 15 is 0 Å². The number of aromatic amines is 1. The van der Waals surface area contributed by atoms with Crippen LogP contribution in [0.25, 0.3) is 11.3 Å². The molecule has 1 aliphatic rings. The van der Waals surface area contributed by atoms with Crippen LogP contribution in [-0.2, 0) is 4.79 Å². The topological polar surface area (TPSA) is 78.1 Å². The van der Waals surface area contributed by atoms with Gasteiger partial charge in [0.1, 0.15) is 5.69 Å². The van der Waals surface area contributed by atoms with Crippen molar-refractivity contribution in [3.8, 4) is 11.3 Å². The molecule has 1 aromatic heterocycles. The molecule has 3 rings (SSSR count). The zero-order valence-corrected chi connectivity index (χ0v) is 14.7. The van der Waals surface area contributed by atoms with Crippen LogP contribution in [0.15, 0.2) is 36.4 Å². The third-order valence-electron chi connectivity index (χ3n) is 4.90. The Morgan fingerprint density at radius 3 is 2.52 bits per heavy atom. The number of H-pyrrole nitrogens is 1. The molecule has 1 saturated carbocycles. The van der Waals surface area contributed by atoms with E-state index < -0.39 is 5.41 Å². The van der Waals surface area contributed by atoms with Crippen LogP contribution in [0.5, 0.6) is 0 Å². The Morgan fingerprint density at radius 1 is 1.20 bits per heavy atom. The minimum absolute atomic E-state index is 0.0971. The van der Waals surface area contributed by atoms with Crippen LogP contribution in [0.1, 0.15) is 36.2 Å². The van der Waals surface area contributed by atoms with E-state index in [1.54, 1.807) is 25.1 Å². The Bertz CT molecular complexity index is 746. The van der Waals surface area contributed by atoms with E-state index in [1.807, 2.05) is 30.3 Å². The van der Waals surface area contributed by atoms with Gasteiger partial charge in [0.2, 0.25) is 5.91 Å². The largest absolute Gasteiger partial charge is 0.350 e. The summed E-state index contributed by atoms with van der Waals surface area (Å²) in [6.07, 6.45) is 3.69. The van der Waals surface area contributed by atoms with Crippen LogP contribution in [0.2, 0.25) is 0 Å².